The minimum Gasteiger partial charge on any atom is -0.486 e. The van der Waals surface area contributed by atoms with Crippen LogP contribution in [0.1, 0.15) is 26.5 Å². The van der Waals surface area contributed by atoms with Gasteiger partial charge in [-0.05, 0) is 24.3 Å². The quantitative estimate of drug-likeness (QED) is 0.750. The molecule has 0 bridgehead atoms. The van der Waals surface area contributed by atoms with Crippen LogP contribution in [-0.2, 0) is 5.41 Å². The molecule has 1 aromatic carbocycles. The minimum atomic E-state index is -0.0881. The van der Waals surface area contributed by atoms with Gasteiger partial charge in [-0.15, -0.1) is 0 Å². The molecular weight excluding hydrogens is 288 g/mol. The highest BCUT2D eigenvalue weighted by atomic mass is 35.5. The van der Waals surface area contributed by atoms with E-state index in [1.165, 1.54) is 0 Å². The number of fused-ring (bicyclic) bond motifs is 1. The molecule has 4 nitrogen and oxygen atoms in total. The van der Waals surface area contributed by atoms with Crippen molar-refractivity contribution >= 4 is 11.6 Å². The number of benzene rings is 1. The lowest BCUT2D eigenvalue weighted by atomic mass is 9.92. The first kappa shape index (κ1) is 14.1. The summed E-state index contributed by atoms with van der Waals surface area (Å²) in [4.78, 5) is 8.96. The van der Waals surface area contributed by atoms with Crippen molar-refractivity contribution in [1.29, 1.82) is 0 Å². The van der Waals surface area contributed by atoms with Gasteiger partial charge in [0, 0.05) is 11.0 Å². The second-order valence-corrected chi connectivity index (χ2v) is 6.40. The van der Waals surface area contributed by atoms with E-state index in [9.17, 15) is 0 Å². The molecule has 1 aliphatic heterocycles. The number of halogens is 1. The number of hydrogen-bond donors (Lipinski definition) is 0. The molecule has 0 saturated heterocycles. The normalized spacial score (nSPS) is 14.1. The van der Waals surface area contributed by atoms with E-state index in [0.29, 0.717) is 24.2 Å². The predicted octanol–water partition coefficient (Wildman–Crippen LogP) is 3.87. The number of rotatable bonds is 1. The number of hydrogen-bond acceptors (Lipinski definition) is 4. The lowest BCUT2D eigenvalue weighted by Crippen LogP contribution is -2.16. The molecule has 0 spiro atoms. The summed E-state index contributed by atoms with van der Waals surface area (Å²) in [5.41, 5.74) is 1.69. The van der Waals surface area contributed by atoms with E-state index >= 15 is 0 Å². The summed E-state index contributed by atoms with van der Waals surface area (Å²) in [6.07, 6.45) is 0. The molecule has 0 saturated carbocycles. The van der Waals surface area contributed by atoms with E-state index < -0.39 is 0 Å². The fourth-order valence-electron chi connectivity index (χ4n) is 2.11. The topological polar surface area (TPSA) is 44.2 Å². The number of nitrogens with zero attached hydrogens (tertiary/aromatic N) is 2. The lowest BCUT2D eigenvalue weighted by molar-refractivity contribution is 0.171. The van der Waals surface area contributed by atoms with Gasteiger partial charge in [0.15, 0.2) is 17.3 Å². The summed E-state index contributed by atoms with van der Waals surface area (Å²) >= 11 is 6.14. The Bertz CT molecular complexity index is 680. The van der Waals surface area contributed by atoms with Crippen molar-refractivity contribution in [3.8, 4) is 22.9 Å². The molecule has 1 aliphatic rings. The highest BCUT2D eigenvalue weighted by Gasteiger charge is 2.19. The highest BCUT2D eigenvalue weighted by molar-refractivity contribution is 6.29. The molecule has 2 heterocycles. The van der Waals surface area contributed by atoms with Crippen LogP contribution in [-0.4, -0.2) is 23.2 Å². The largest absolute Gasteiger partial charge is 0.486 e. The fourth-order valence-corrected chi connectivity index (χ4v) is 2.30. The summed E-state index contributed by atoms with van der Waals surface area (Å²) in [7, 11) is 0. The standard InChI is InChI=1S/C16H17ClN2O2/c1-16(2,3)13-9-14(17)19-15(18-13)10-4-5-11-12(8-10)21-7-6-20-11/h4-5,8-9H,6-7H2,1-3H3. The van der Waals surface area contributed by atoms with Crippen molar-refractivity contribution in [3.05, 3.63) is 35.1 Å². The third-order valence-corrected chi connectivity index (χ3v) is 3.46. The maximum atomic E-state index is 6.14. The Balaban J connectivity index is 2.06. The van der Waals surface area contributed by atoms with Crippen molar-refractivity contribution < 1.29 is 9.47 Å². The molecular formula is C16H17ClN2O2. The van der Waals surface area contributed by atoms with Gasteiger partial charge in [0.1, 0.15) is 18.4 Å². The van der Waals surface area contributed by atoms with E-state index in [1.54, 1.807) is 0 Å². The smallest absolute Gasteiger partial charge is 0.162 e. The Morgan fingerprint density at radius 1 is 1.00 bits per heavy atom. The maximum absolute atomic E-state index is 6.14. The zero-order valence-corrected chi connectivity index (χ0v) is 13.1. The fraction of sp³-hybridized carbons (Fsp3) is 0.375. The molecule has 5 heteroatoms. The van der Waals surface area contributed by atoms with Crippen LogP contribution >= 0.6 is 11.6 Å². The van der Waals surface area contributed by atoms with Gasteiger partial charge < -0.3 is 9.47 Å². The van der Waals surface area contributed by atoms with Crippen LogP contribution in [0.4, 0.5) is 0 Å². The zero-order valence-electron chi connectivity index (χ0n) is 12.3. The van der Waals surface area contributed by atoms with E-state index in [2.05, 4.69) is 30.7 Å². The summed E-state index contributed by atoms with van der Waals surface area (Å²) in [6.45, 7) is 7.42. The highest BCUT2D eigenvalue weighted by Crippen LogP contribution is 2.34. The molecule has 2 aromatic rings. The molecule has 3 rings (SSSR count). The van der Waals surface area contributed by atoms with Crippen molar-refractivity contribution in [2.24, 2.45) is 0 Å². The Morgan fingerprint density at radius 2 is 1.71 bits per heavy atom. The summed E-state index contributed by atoms with van der Waals surface area (Å²) in [5, 5.41) is 0.444. The van der Waals surface area contributed by atoms with Crippen molar-refractivity contribution in [1.82, 2.24) is 9.97 Å². The molecule has 0 radical (unpaired) electrons. The van der Waals surface area contributed by atoms with E-state index in [0.717, 1.165) is 22.8 Å². The first-order chi connectivity index (χ1) is 9.93. The molecule has 110 valence electrons. The molecule has 0 aliphatic carbocycles. The average Bonchev–Trinajstić information content (AvgIpc) is 2.45. The van der Waals surface area contributed by atoms with Crippen LogP contribution < -0.4 is 9.47 Å². The van der Waals surface area contributed by atoms with E-state index in [1.807, 2.05) is 24.3 Å². The van der Waals surface area contributed by atoms with Gasteiger partial charge in [0.05, 0.1) is 5.69 Å². The molecule has 0 N–H and O–H groups in total. The third-order valence-electron chi connectivity index (χ3n) is 3.26. The molecule has 0 unspecified atom stereocenters. The monoisotopic (exact) mass is 304 g/mol. The average molecular weight is 305 g/mol. The Kier molecular flexibility index (Phi) is 3.49. The van der Waals surface area contributed by atoms with Crippen LogP contribution in [0.5, 0.6) is 11.5 Å². The van der Waals surface area contributed by atoms with Gasteiger partial charge >= 0.3 is 0 Å². The van der Waals surface area contributed by atoms with Crippen molar-refractivity contribution in [2.75, 3.05) is 13.2 Å². The Labute approximate surface area is 129 Å². The maximum Gasteiger partial charge on any atom is 0.162 e. The van der Waals surface area contributed by atoms with Crippen molar-refractivity contribution in [3.63, 3.8) is 0 Å². The van der Waals surface area contributed by atoms with Gasteiger partial charge in [-0.1, -0.05) is 32.4 Å². The van der Waals surface area contributed by atoms with Crippen LogP contribution in [0.15, 0.2) is 24.3 Å². The first-order valence-electron chi connectivity index (χ1n) is 6.88. The minimum absolute atomic E-state index is 0.0881. The Hall–Kier alpha value is -1.81. The van der Waals surface area contributed by atoms with Gasteiger partial charge in [0.25, 0.3) is 0 Å². The van der Waals surface area contributed by atoms with Crippen LogP contribution in [0.25, 0.3) is 11.4 Å². The van der Waals surface area contributed by atoms with Gasteiger partial charge in [0.2, 0.25) is 0 Å². The van der Waals surface area contributed by atoms with E-state index in [4.69, 9.17) is 21.1 Å². The van der Waals surface area contributed by atoms with E-state index in [-0.39, 0.29) is 5.41 Å². The van der Waals surface area contributed by atoms with Gasteiger partial charge in [-0.3, -0.25) is 0 Å². The Morgan fingerprint density at radius 3 is 2.43 bits per heavy atom. The second-order valence-electron chi connectivity index (χ2n) is 6.01. The van der Waals surface area contributed by atoms with Crippen molar-refractivity contribution in [2.45, 2.75) is 26.2 Å². The predicted molar refractivity (Wildman–Crippen MR) is 82.2 cm³/mol. The lowest BCUT2D eigenvalue weighted by Gasteiger charge is -2.20. The summed E-state index contributed by atoms with van der Waals surface area (Å²) in [6, 6.07) is 7.51. The summed E-state index contributed by atoms with van der Waals surface area (Å²) < 4.78 is 11.1. The van der Waals surface area contributed by atoms with Crippen LogP contribution in [0, 0.1) is 0 Å². The molecule has 21 heavy (non-hydrogen) atoms. The van der Waals surface area contributed by atoms with Gasteiger partial charge in [-0.2, -0.15) is 0 Å². The third kappa shape index (κ3) is 2.95. The number of aromatic nitrogens is 2. The molecule has 0 fully saturated rings. The SMILES string of the molecule is CC(C)(C)c1cc(Cl)nc(-c2ccc3c(c2)OCCO3)n1. The van der Waals surface area contributed by atoms with Crippen LogP contribution in [0.3, 0.4) is 0 Å². The molecule has 1 aromatic heterocycles. The number of ether oxygens (including phenoxy) is 2. The molecule has 0 atom stereocenters. The summed E-state index contributed by atoms with van der Waals surface area (Å²) in [5.74, 6) is 2.08. The second kappa shape index (κ2) is 5.19. The van der Waals surface area contributed by atoms with Gasteiger partial charge in [-0.25, -0.2) is 9.97 Å². The first-order valence-corrected chi connectivity index (χ1v) is 7.26. The zero-order chi connectivity index (χ0) is 15.0. The molecule has 0 amide bonds. The van der Waals surface area contributed by atoms with Crippen LogP contribution in [0.2, 0.25) is 5.15 Å².